The number of rotatable bonds is 6. The van der Waals surface area contributed by atoms with Crippen LogP contribution < -0.4 is 5.32 Å². The fourth-order valence-corrected chi connectivity index (χ4v) is 3.32. The summed E-state index contributed by atoms with van der Waals surface area (Å²) in [4.78, 5) is 36.4. The Morgan fingerprint density at radius 2 is 1.63 bits per heavy atom. The topological polar surface area (TPSA) is 72.5 Å². The molecule has 2 aromatic carbocycles. The van der Waals surface area contributed by atoms with Gasteiger partial charge in [0.25, 0.3) is 5.91 Å². The number of halogens is 3. The number of amides is 1. The number of Topliss-reactive ketones (excluding diaryl/α,β-unsaturated/α-hetero) is 1. The quantitative estimate of drug-likeness (QED) is 0.572. The highest BCUT2D eigenvalue weighted by Gasteiger charge is 2.30. The molecule has 1 unspecified atom stereocenters. The Hall–Kier alpha value is -3.16. The maximum absolute atomic E-state index is 12.6. The number of carbonyl (C=O) groups excluding carboxylic acids is 3. The van der Waals surface area contributed by atoms with E-state index in [-0.39, 0.29) is 11.3 Å². The molecule has 0 spiro atoms. The van der Waals surface area contributed by atoms with E-state index >= 15 is 0 Å². The van der Waals surface area contributed by atoms with Gasteiger partial charge in [0.1, 0.15) is 6.54 Å². The van der Waals surface area contributed by atoms with E-state index in [1.54, 1.807) is 6.07 Å². The molecule has 0 aromatic heterocycles. The molecule has 8 heteroatoms. The van der Waals surface area contributed by atoms with Crippen LogP contribution in [0.4, 0.5) is 13.2 Å². The Kier molecular flexibility index (Phi) is 6.24. The smallest absolute Gasteiger partial charge is 0.416 e. The first-order chi connectivity index (χ1) is 14.1. The molecule has 0 fully saturated rings. The number of aryl methyl sites for hydroxylation is 2. The molecule has 1 atom stereocenters. The van der Waals surface area contributed by atoms with Crippen molar-refractivity contribution in [3.63, 3.8) is 0 Å². The molecule has 1 aliphatic rings. The first kappa shape index (κ1) is 21.5. The highest BCUT2D eigenvalue weighted by Crippen LogP contribution is 2.29. The molecule has 5 nitrogen and oxygen atoms in total. The van der Waals surface area contributed by atoms with Gasteiger partial charge in [0.05, 0.1) is 5.56 Å². The predicted octanol–water partition coefficient (Wildman–Crippen LogP) is 3.74. The molecule has 0 bridgehead atoms. The average Bonchev–Trinajstić information content (AvgIpc) is 3.18. The number of fused-ring (bicyclic) bond motifs is 1. The Morgan fingerprint density at radius 1 is 1.00 bits per heavy atom. The van der Waals surface area contributed by atoms with Crippen molar-refractivity contribution in [2.75, 3.05) is 6.54 Å². The normalized spacial score (nSPS) is 14.0. The van der Waals surface area contributed by atoms with Crippen molar-refractivity contribution in [3.8, 4) is 0 Å². The SMILES string of the molecule is CC(OC(=O)CNC(=O)c1ccc(C(F)(F)F)cc1)C(=O)c1ccc2c(c1)CCC2. The van der Waals surface area contributed by atoms with Crippen LogP contribution in [0.2, 0.25) is 0 Å². The summed E-state index contributed by atoms with van der Waals surface area (Å²) in [7, 11) is 0. The van der Waals surface area contributed by atoms with Crippen LogP contribution in [0.1, 0.15) is 50.8 Å². The summed E-state index contributed by atoms with van der Waals surface area (Å²) in [5.74, 6) is -1.89. The van der Waals surface area contributed by atoms with E-state index in [1.807, 2.05) is 12.1 Å². The van der Waals surface area contributed by atoms with Gasteiger partial charge in [0.15, 0.2) is 6.10 Å². The molecule has 1 amide bonds. The van der Waals surface area contributed by atoms with Crippen molar-refractivity contribution >= 4 is 17.7 Å². The minimum Gasteiger partial charge on any atom is -0.453 e. The monoisotopic (exact) mass is 419 g/mol. The van der Waals surface area contributed by atoms with Gasteiger partial charge in [-0.1, -0.05) is 12.1 Å². The van der Waals surface area contributed by atoms with Crippen LogP contribution in [0.25, 0.3) is 0 Å². The Labute approximate surface area is 171 Å². The minimum atomic E-state index is -4.50. The lowest BCUT2D eigenvalue weighted by molar-refractivity contribution is -0.145. The lowest BCUT2D eigenvalue weighted by atomic mass is 10.0. The van der Waals surface area contributed by atoms with E-state index in [2.05, 4.69) is 5.32 Å². The molecule has 0 saturated carbocycles. The lowest BCUT2D eigenvalue weighted by Gasteiger charge is -2.14. The molecule has 30 heavy (non-hydrogen) atoms. The first-order valence-electron chi connectivity index (χ1n) is 9.46. The number of alkyl halides is 3. The van der Waals surface area contributed by atoms with Crippen molar-refractivity contribution < 1.29 is 32.3 Å². The van der Waals surface area contributed by atoms with Crippen LogP contribution in [0.3, 0.4) is 0 Å². The standard InChI is InChI=1S/C22H20F3NO4/c1-13(20(28)17-6-5-14-3-2-4-16(14)11-17)30-19(27)12-26-21(29)15-7-9-18(10-8-15)22(23,24)25/h5-11,13H,2-4,12H2,1H3,(H,26,29). The van der Waals surface area contributed by atoms with E-state index in [0.29, 0.717) is 5.56 Å². The van der Waals surface area contributed by atoms with Crippen molar-refractivity contribution in [3.05, 3.63) is 70.3 Å². The third-order valence-corrected chi connectivity index (χ3v) is 4.93. The number of carbonyl (C=O) groups is 3. The van der Waals surface area contributed by atoms with Crippen LogP contribution >= 0.6 is 0 Å². The molecule has 2 aromatic rings. The molecule has 1 N–H and O–H groups in total. The summed E-state index contributed by atoms with van der Waals surface area (Å²) in [5, 5.41) is 2.27. The van der Waals surface area contributed by atoms with Gasteiger partial charge in [-0.05, 0) is 67.6 Å². The van der Waals surface area contributed by atoms with Gasteiger partial charge in [-0.3, -0.25) is 14.4 Å². The van der Waals surface area contributed by atoms with Gasteiger partial charge >= 0.3 is 12.1 Å². The lowest BCUT2D eigenvalue weighted by Crippen LogP contribution is -2.34. The maximum atomic E-state index is 12.6. The van der Waals surface area contributed by atoms with E-state index < -0.39 is 36.3 Å². The number of ether oxygens (including phenoxy) is 1. The fraction of sp³-hybridized carbons (Fsp3) is 0.318. The van der Waals surface area contributed by atoms with Crippen molar-refractivity contribution in [2.45, 2.75) is 38.5 Å². The van der Waals surface area contributed by atoms with Gasteiger partial charge in [0.2, 0.25) is 5.78 Å². The molecular formula is C22H20F3NO4. The highest BCUT2D eigenvalue weighted by molar-refractivity contribution is 6.01. The van der Waals surface area contributed by atoms with Gasteiger partial charge in [-0.25, -0.2) is 0 Å². The second kappa shape index (κ2) is 8.69. The summed E-state index contributed by atoms with van der Waals surface area (Å²) in [6, 6.07) is 9.04. The van der Waals surface area contributed by atoms with Crippen molar-refractivity contribution in [1.29, 1.82) is 0 Å². The number of ketones is 1. The molecule has 0 saturated heterocycles. The number of hydrogen-bond donors (Lipinski definition) is 1. The number of benzene rings is 2. The van der Waals surface area contributed by atoms with Gasteiger partial charge in [0, 0.05) is 11.1 Å². The Morgan fingerprint density at radius 3 is 2.30 bits per heavy atom. The molecule has 0 aliphatic heterocycles. The third-order valence-electron chi connectivity index (χ3n) is 4.93. The second-order valence-electron chi connectivity index (χ2n) is 7.09. The van der Waals surface area contributed by atoms with Crippen LogP contribution in [0.5, 0.6) is 0 Å². The summed E-state index contributed by atoms with van der Waals surface area (Å²) in [6.45, 7) is 0.937. The molecule has 0 heterocycles. The van der Waals surface area contributed by atoms with Crippen LogP contribution in [-0.4, -0.2) is 30.3 Å². The average molecular weight is 419 g/mol. The summed E-state index contributed by atoms with van der Waals surface area (Å²) in [6.07, 6.45) is -2.57. The first-order valence-corrected chi connectivity index (χ1v) is 9.46. The van der Waals surface area contributed by atoms with E-state index in [0.717, 1.165) is 49.1 Å². The second-order valence-corrected chi connectivity index (χ2v) is 7.09. The van der Waals surface area contributed by atoms with Gasteiger partial charge in [-0.2, -0.15) is 13.2 Å². The maximum Gasteiger partial charge on any atom is 0.416 e. The van der Waals surface area contributed by atoms with E-state index in [9.17, 15) is 27.6 Å². The van der Waals surface area contributed by atoms with Crippen LogP contribution in [0.15, 0.2) is 42.5 Å². The number of esters is 1. The Balaban J connectivity index is 1.51. The fourth-order valence-electron chi connectivity index (χ4n) is 3.32. The molecule has 3 rings (SSSR count). The van der Waals surface area contributed by atoms with Crippen molar-refractivity contribution in [2.24, 2.45) is 0 Å². The summed E-state index contributed by atoms with van der Waals surface area (Å²) < 4.78 is 42.8. The van der Waals surface area contributed by atoms with Crippen LogP contribution in [-0.2, 0) is 28.5 Å². The van der Waals surface area contributed by atoms with Gasteiger partial charge < -0.3 is 10.1 Å². The van der Waals surface area contributed by atoms with E-state index in [1.165, 1.54) is 12.5 Å². The zero-order valence-electron chi connectivity index (χ0n) is 16.2. The Bertz CT molecular complexity index is 967. The van der Waals surface area contributed by atoms with E-state index in [4.69, 9.17) is 4.74 Å². The molecule has 0 radical (unpaired) electrons. The zero-order chi connectivity index (χ0) is 21.9. The number of nitrogens with one attached hydrogen (secondary N) is 1. The molecular weight excluding hydrogens is 399 g/mol. The molecule has 1 aliphatic carbocycles. The van der Waals surface area contributed by atoms with Gasteiger partial charge in [-0.15, -0.1) is 0 Å². The zero-order valence-corrected chi connectivity index (χ0v) is 16.2. The largest absolute Gasteiger partial charge is 0.453 e. The van der Waals surface area contributed by atoms with Crippen LogP contribution in [0, 0.1) is 0 Å². The molecule has 158 valence electrons. The third kappa shape index (κ3) is 5.06. The predicted molar refractivity (Wildman–Crippen MR) is 102 cm³/mol. The summed E-state index contributed by atoms with van der Waals surface area (Å²) in [5.41, 5.74) is 1.91. The van der Waals surface area contributed by atoms with Crippen molar-refractivity contribution in [1.82, 2.24) is 5.32 Å². The minimum absolute atomic E-state index is 0.0296. The summed E-state index contributed by atoms with van der Waals surface area (Å²) >= 11 is 0. The number of hydrogen-bond acceptors (Lipinski definition) is 4. The highest BCUT2D eigenvalue weighted by atomic mass is 19.4.